The molecule has 0 aromatic rings. The van der Waals surface area contributed by atoms with E-state index in [4.69, 9.17) is 23.7 Å². The SMILES string of the molecule is CC[C@@H](C(=O)[C@@H](C)[C@@H](O)[C@H](C)[C@@H]1O[C@@H]([C@@H](CC)C(=O)O)CC[C@@H]1C)[C@H]1O[C@]2(C=C[C@@H](NC(=O)C34CC(C)CC(CC(C)C3)C4)[C@]3(CC[C@@](C)([C@H]4CC[C@](O)(CC)[C@H](C)O4)O3)O2)[C@H](C)C[C@@H]1C. The zero-order valence-electron chi connectivity index (χ0n) is 42.7. The molecule has 20 atom stereocenters. The molecule has 5 aliphatic heterocycles. The predicted octanol–water partition coefficient (Wildman–Crippen LogP) is 9.16. The topological polar surface area (TPSA) is 170 Å². The molecule has 4 saturated heterocycles. The van der Waals surface area contributed by atoms with Crippen LogP contribution in [0.15, 0.2) is 12.2 Å². The van der Waals surface area contributed by atoms with Crippen LogP contribution in [0.4, 0.5) is 0 Å². The van der Waals surface area contributed by atoms with Gasteiger partial charge in [-0.05, 0) is 139 Å². The van der Waals surface area contributed by atoms with E-state index in [1.165, 1.54) is 12.8 Å². The fraction of sp³-hybridized carbons (Fsp3) is 0.907. The lowest BCUT2D eigenvalue weighted by atomic mass is 9.56. The number of aliphatic carboxylic acids is 1. The first-order chi connectivity index (χ1) is 31.0. The number of aliphatic hydroxyl groups is 2. The Morgan fingerprint density at radius 2 is 1.47 bits per heavy atom. The van der Waals surface area contributed by atoms with Crippen LogP contribution in [0, 0.1) is 64.6 Å². The summed E-state index contributed by atoms with van der Waals surface area (Å²) in [5, 5.41) is 36.8. The Bertz CT molecular complexity index is 1750. The van der Waals surface area contributed by atoms with Crippen molar-refractivity contribution >= 4 is 17.7 Å². The van der Waals surface area contributed by atoms with E-state index in [1.54, 1.807) is 6.92 Å². The number of hydrogen-bond acceptors (Lipinski definition) is 10. The summed E-state index contributed by atoms with van der Waals surface area (Å²) in [4.78, 5) is 41.8. The summed E-state index contributed by atoms with van der Waals surface area (Å²) in [6, 6.07) is -0.603. The number of hydrogen-bond donors (Lipinski definition) is 4. The molecule has 0 radical (unpaired) electrons. The van der Waals surface area contributed by atoms with Crippen LogP contribution in [0.5, 0.6) is 0 Å². The van der Waals surface area contributed by atoms with Crippen LogP contribution in [0.3, 0.4) is 0 Å². The second-order valence-electron chi connectivity index (χ2n) is 23.9. The van der Waals surface area contributed by atoms with Crippen LogP contribution in [0.2, 0.25) is 0 Å². The van der Waals surface area contributed by atoms with Gasteiger partial charge in [-0.1, -0.05) is 75.3 Å². The van der Waals surface area contributed by atoms with Crippen molar-refractivity contribution in [1.29, 1.82) is 0 Å². The number of Topliss-reactive ketones (excluding diaryl/α,β-unsaturated/α-hetero) is 1. The van der Waals surface area contributed by atoms with E-state index in [-0.39, 0.29) is 47.8 Å². The third-order valence-corrected chi connectivity index (χ3v) is 18.9. The molecule has 2 spiro atoms. The number of carbonyl (C=O) groups is 3. The quantitative estimate of drug-likeness (QED) is 0.123. The smallest absolute Gasteiger partial charge is 0.309 e. The summed E-state index contributed by atoms with van der Waals surface area (Å²) in [6.07, 6.45) is 12.0. The van der Waals surface area contributed by atoms with Gasteiger partial charge in [0.15, 0.2) is 11.6 Å². The molecule has 0 aromatic heterocycles. The molecular formula is C54H89NO11. The van der Waals surface area contributed by atoms with Crippen molar-refractivity contribution in [3.05, 3.63) is 12.2 Å². The molecule has 376 valence electrons. The van der Waals surface area contributed by atoms with E-state index in [1.807, 2.05) is 46.8 Å². The van der Waals surface area contributed by atoms with E-state index in [9.17, 15) is 29.7 Å². The average molecular weight is 928 g/mol. The van der Waals surface area contributed by atoms with Crippen molar-refractivity contribution in [1.82, 2.24) is 5.32 Å². The van der Waals surface area contributed by atoms with Gasteiger partial charge in [-0.15, -0.1) is 0 Å². The first kappa shape index (κ1) is 51.9. The molecule has 4 N–H and O–H groups in total. The first-order valence-corrected chi connectivity index (χ1v) is 26.5. The minimum atomic E-state index is -1.29. The van der Waals surface area contributed by atoms with Crippen molar-refractivity contribution < 1.29 is 53.4 Å². The van der Waals surface area contributed by atoms with Gasteiger partial charge >= 0.3 is 5.97 Å². The highest BCUT2D eigenvalue weighted by Gasteiger charge is 2.64. The Hall–Kier alpha value is -1.93. The van der Waals surface area contributed by atoms with Gasteiger partial charge in [-0.25, -0.2) is 0 Å². The molecular weight excluding hydrogens is 839 g/mol. The third kappa shape index (κ3) is 9.63. The Morgan fingerprint density at radius 3 is 2.08 bits per heavy atom. The molecule has 2 saturated carbocycles. The summed E-state index contributed by atoms with van der Waals surface area (Å²) in [5.41, 5.74) is -2.12. The van der Waals surface area contributed by atoms with Crippen LogP contribution in [0.1, 0.15) is 179 Å². The molecule has 66 heavy (non-hydrogen) atoms. The van der Waals surface area contributed by atoms with Crippen molar-refractivity contribution in [2.45, 2.75) is 245 Å². The molecule has 7 aliphatic rings. The van der Waals surface area contributed by atoms with Crippen LogP contribution >= 0.6 is 0 Å². The molecule has 1 amide bonds. The molecule has 12 nitrogen and oxygen atoms in total. The molecule has 7 rings (SSSR count). The van der Waals surface area contributed by atoms with Gasteiger partial charge in [0.05, 0.1) is 53.7 Å². The van der Waals surface area contributed by atoms with Gasteiger partial charge in [0.25, 0.3) is 0 Å². The predicted molar refractivity (Wildman–Crippen MR) is 252 cm³/mol. The monoisotopic (exact) mass is 928 g/mol. The fourth-order valence-corrected chi connectivity index (χ4v) is 14.9. The minimum Gasteiger partial charge on any atom is -0.481 e. The number of ketones is 1. The molecule has 12 heteroatoms. The molecule has 0 aromatic carbocycles. The Labute approximate surface area is 396 Å². The normalized spacial score (nSPS) is 47.2. The minimum absolute atomic E-state index is 0.00560. The van der Waals surface area contributed by atoms with Crippen LogP contribution in [-0.2, 0) is 38.1 Å². The standard InChI is InChI=1S/C54H89NO11/c1-13-39(48(58)59)41-17-16-32(6)46(63-41)36(10)44(56)35(9)45(57)40(14-2)47-33(7)26-34(8)53(64-47)21-18-42(55-49(60)51-27-30(4)24-38(29-51)25-31(5)28-51)54(66-53)23-22-50(12,65-54)43-19-20-52(61,15-3)37(11)62-43/h18,21,30-44,46-47,56,61H,13-17,19-20,22-29H2,1-12H3,(H,55,60)(H,58,59)/t30?,31?,32-,33-,34+,35-,36-,37-,38?,39+,40-,41+,42+,43+,44+,46+,47-,50-,51?,52+,53-,54-/m0/s1. The van der Waals surface area contributed by atoms with Gasteiger partial charge in [-0.3, -0.25) is 14.4 Å². The average Bonchev–Trinajstić information content (AvgIpc) is 3.60. The third-order valence-electron chi connectivity index (χ3n) is 18.9. The summed E-state index contributed by atoms with van der Waals surface area (Å²) in [6.45, 7) is 24.5. The van der Waals surface area contributed by atoms with Crippen molar-refractivity contribution in [3.63, 3.8) is 0 Å². The second-order valence-corrected chi connectivity index (χ2v) is 23.9. The van der Waals surface area contributed by atoms with Gasteiger partial charge in [0.2, 0.25) is 5.91 Å². The Balaban J connectivity index is 1.15. The Kier molecular flexibility index (Phi) is 15.5. The largest absolute Gasteiger partial charge is 0.481 e. The summed E-state index contributed by atoms with van der Waals surface area (Å²) in [7, 11) is 0. The van der Waals surface area contributed by atoms with Gasteiger partial charge < -0.3 is 44.3 Å². The number of fused-ring (bicyclic) bond motifs is 2. The summed E-state index contributed by atoms with van der Waals surface area (Å²) in [5.74, 6) is -4.26. The number of ether oxygens (including phenoxy) is 5. The lowest BCUT2D eigenvalue weighted by Crippen LogP contribution is -2.66. The molecule has 2 aliphatic carbocycles. The van der Waals surface area contributed by atoms with E-state index < -0.39 is 82.2 Å². The molecule has 6 fully saturated rings. The number of carbonyl (C=O) groups excluding carboxylic acids is 2. The highest BCUT2D eigenvalue weighted by Crippen LogP contribution is 2.56. The van der Waals surface area contributed by atoms with Crippen molar-refractivity contribution in [2.24, 2.45) is 64.6 Å². The van der Waals surface area contributed by atoms with Gasteiger partial charge in [0, 0.05) is 35.5 Å². The fourth-order valence-electron chi connectivity index (χ4n) is 14.9. The molecule has 2 unspecified atom stereocenters. The highest BCUT2D eigenvalue weighted by molar-refractivity contribution is 5.84. The number of carboxylic acid groups (broad SMARTS) is 1. The summed E-state index contributed by atoms with van der Waals surface area (Å²) >= 11 is 0. The number of aliphatic hydroxyl groups excluding tert-OH is 1. The van der Waals surface area contributed by atoms with Gasteiger partial charge in [-0.2, -0.15) is 0 Å². The zero-order valence-corrected chi connectivity index (χ0v) is 42.7. The van der Waals surface area contributed by atoms with E-state index in [2.05, 4.69) is 46.9 Å². The number of nitrogens with one attached hydrogen (secondary N) is 1. The molecule has 2 bridgehead atoms. The maximum atomic E-state index is 14.9. The highest BCUT2D eigenvalue weighted by atomic mass is 16.8. The lowest BCUT2D eigenvalue weighted by molar-refractivity contribution is -0.398. The number of rotatable bonds is 14. The van der Waals surface area contributed by atoms with Crippen molar-refractivity contribution in [3.8, 4) is 0 Å². The summed E-state index contributed by atoms with van der Waals surface area (Å²) < 4.78 is 35.3. The Morgan fingerprint density at radius 1 is 0.803 bits per heavy atom. The number of amides is 1. The number of carboxylic acids is 1. The zero-order chi connectivity index (χ0) is 48.3. The lowest BCUT2D eigenvalue weighted by Gasteiger charge is -2.55. The maximum absolute atomic E-state index is 14.9. The molecule has 5 heterocycles. The van der Waals surface area contributed by atoms with Crippen LogP contribution < -0.4 is 5.32 Å². The van der Waals surface area contributed by atoms with Crippen LogP contribution in [-0.4, -0.2) is 98.4 Å². The van der Waals surface area contributed by atoms with E-state index >= 15 is 0 Å². The maximum Gasteiger partial charge on any atom is 0.309 e. The first-order valence-electron chi connectivity index (χ1n) is 26.5. The second kappa shape index (κ2) is 19.7. The van der Waals surface area contributed by atoms with Crippen molar-refractivity contribution in [2.75, 3.05) is 0 Å². The van der Waals surface area contributed by atoms with Crippen LogP contribution in [0.25, 0.3) is 0 Å². The van der Waals surface area contributed by atoms with E-state index in [0.29, 0.717) is 75.5 Å². The van der Waals surface area contributed by atoms with Gasteiger partial charge in [0.1, 0.15) is 11.8 Å². The van der Waals surface area contributed by atoms with E-state index in [0.717, 1.165) is 25.7 Å².